The molecule has 1 fully saturated rings. The molecule has 0 atom stereocenters. The van der Waals surface area contributed by atoms with Crippen LogP contribution in [0.3, 0.4) is 0 Å². The van der Waals surface area contributed by atoms with E-state index in [0.29, 0.717) is 24.5 Å². The number of ether oxygens (including phenoxy) is 2. The van der Waals surface area contributed by atoms with E-state index in [4.69, 9.17) is 14.6 Å². The third-order valence-electron chi connectivity index (χ3n) is 5.19. The van der Waals surface area contributed by atoms with Gasteiger partial charge in [-0.3, -0.25) is 4.79 Å². The Bertz CT molecular complexity index is 699. The van der Waals surface area contributed by atoms with Crippen LogP contribution in [0.15, 0.2) is 24.3 Å². The molecule has 0 spiro atoms. The molecule has 7 heteroatoms. The van der Waals surface area contributed by atoms with Gasteiger partial charge in [0, 0.05) is 6.42 Å². The van der Waals surface area contributed by atoms with Crippen LogP contribution in [0.25, 0.3) is 11.4 Å². The predicted molar refractivity (Wildman–Crippen MR) is 113 cm³/mol. The molecule has 160 valence electrons. The van der Waals surface area contributed by atoms with Crippen molar-refractivity contribution in [3.63, 3.8) is 0 Å². The first-order valence-corrected chi connectivity index (χ1v) is 10.4. The van der Waals surface area contributed by atoms with Crippen LogP contribution in [0, 0.1) is 5.92 Å². The minimum absolute atomic E-state index is 0. The summed E-state index contributed by atoms with van der Waals surface area (Å²) in [5.74, 6) is 1.02. The van der Waals surface area contributed by atoms with Crippen molar-refractivity contribution < 1.29 is 53.7 Å². The second-order valence-corrected chi connectivity index (χ2v) is 7.68. The molecular formula is C23H32NNaO5. The van der Waals surface area contributed by atoms with E-state index in [0.717, 1.165) is 50.0 Å². The molecule has 1 N–H and O–H groups in total. The average molecular weight is 426 g/mol. The number of unbranched alkanes of at least 4 members (excludes halogenated alkanes) is 2. The zero-order valence-corrected chi connectivity index (χ0v) is 20.4. The van der Waals surface area contributed by atoms with Crippen LogP contribution in [0.5, 0.6) is 11.5 Å². The second kappa shape index (κ2) is 14.5. The molecule has 6 nitrogen and oxygen atoms in total. The molecule has 1 aliphatic rings. The number of benzene rings is 1. The number of nitrogens with zero attached hydrogens (tertiary/aromatic N) is 1. The molecule has 0 saturated heterocycles. The maximum atomic E-state index is 12.1. The first kappa shape index (κ1) is 26.5. The standard InChI is InChI=1S/C23H33NO5.Na/c1-17-7-11-19(12-8-17)24-22(25)14-10-18-9-13-20(21(16-18)28-2)29-15-5-3-4-6-23(26)27;/h9-10,13-14,16-17,19H,3-8,11-12,15H2,1-2H3,(H2,24,25,26,27);/q;+1/p-1. The van der Waals surface area contributed by atoms with E-state index in [1.54, 1.807) is 13.2 Å². The van der Waals surface area contributed by atoms with E-state index in [9.17, 15) is 9.59 Å². The maximum Gasteiger partial charge on any atom is 1.00 e. The summed E-state index contributed by atoms with van der Waals surface area (Å²) in [5, 5.41) is 12.9. The van der Waals surface area contributed by atoms with Crippen molar-refractivity contribution in [2.45, 2.75) is 64.3 Å². The fraction of sp³-hybridized carbons (Fsp3) is 0.565. The van der Waals surface area contributed by atoms with E-state index in [1.165, 1.54) is 6.08 Å². The summed E-state index contributed by atoms with van der Waals surface area (Å²) in [4.78, 5) is 22.6. The van der Waals surface area contributed by atoms with Crippen molar-refractivity contribution in [1.29, 1.82) is 0 Å². The normalized spacial score (nSPS) is 18.5. The molecule has 1 amide bonds. The number of carboxylic acids is 1. The Kier molecular flexibility index (Phi) is 12.8. The van der Waals surface area contributed by atoms with Crippen molar-refractivity contribution in [2.75, 3.05) is 13.7 Å². The van der Waals surface area contributed by atoms with Crippen molar-refractivity contribution in [2.24, 2.45) is 5.92 Å². The van der Waals surface area contributed by atoms with Gasteiger partial charge in [-0.25, -0.2) is 0 Å². The zero-order valence-electron chi connectivity index (χ0n) is 18.4. The fourth-order valence-corrected chi connectivity index (χ4v) is 3.41. The molecule has 0 heterocycles. The largest absolute Gasteiger partial charge is 1.00 e. The van der Waals surface area contributed by atoms with Gasteiger partial charge in [-0.15, -0.1) is 6.04 Å². The summed E-state index contributed by atoms with van der Waals surface area (Å²) in [6.07, 6.45) is 9.97. The van der Waals surface area contributed by atoms with E-state index in [2.05, 4.69) is 12.2 Å². The van der Waals surface area contributed by atoms with Crippen molar-refractivity contribution in [3.05, 3.63) is 35.2 Å². The van der Waals surface area contributed by atoms with Gasteiger partial charge in [0.25, 0.3) is 0 Å². The number of hydrogen-bond donors (Lipinski definition) is 1. The fourth-order valence-electron chi connectivity index (χ4n) is 3.41. The summed E-state index contributed by atoms with van der Waals surface area (Å²) in [7, 11) is 1.58. The molecule has 1 aromatic rings. The van der Waals surface area contributed by atoms with Gasteiger partial charge in [0.2, 0.25) is 0 Å². The number of aliphatic carboxylic acids is 1. The molecule has 0 bridgehead atoms. The molecule has 2 rings (SSSR count). The molecular weight excluding hydrogens is 393 g/mol. The summed E-state index contributed by atoms with van der Waals surface area (Å²) in [5.41, 5.74) is 0.844. The quantitative estimate of drug-likeness (QED) is 0.334. The summed E-state index contributed by atoms with van der Waals surface area (Å²) in [6, 6.07) is 5.67. The first-order valence-electron chi connectivity index (χ1n) is 10.4. The van der Waals surface area contributed by atoms with E-state index in [1.807, 2.05) is 18.2 Å². The molecule has 1 aliphatic carbocycles. The van der Waals surface area contributed by atoms with Crippen LogP contribution in [-0.2, 0) is 9.59 Å². The van der Waals surface area contributed by atoms with Gasteiger partial charge in [0.1, 0.15) is 0 Å². The summed E-state index contributed by atoms with van der Waals surface area (Å²) in [6.45, 7) is 2.75. The monoisotopic (exact) mass is 425 g/mol. The molecule has 1 saturated carbocycles. The number of carbonyl (C=O) groups is 2. The van der Waals surface area contributed by atoms with E-state index in [-0.39, 0.29) is 47.9 Å². The number of methoxy groups -OCH3 is 1. The molecule has 0 unspecified atom stereocenters. The van der Waals surface area contributed by atoms with Gasteiger partial charge < -0.3 is 24.7 Å². The van der Waals surface area contributed by atoms with E-state index >= 15 is 0 Å². The minimum Gasteiger partial charge on any atom is -0.647 e. The average Bonchev–Trinajstić information content (AvgIpc) is 2.71. The molecule has 0 aliphatic heterocycles. The third kappa shape index (κ3) is 10.0. The number of rotatable bonds is 11. The Labute approximate surface area is 201 Å². The summed E-state index contributed by atoms with van der Waals surface area (Å²) < 4.78 is 11.1. The number of carboxylic acid groups (broad SMARTS) is 1. The zero-order chi connectivity index (χ0) is 21.1. The number of carbonyl (C=O) groups excluding carboxylic acids is 1. The Hall–Kier alpha value is -1.50. The van der Waals surface area contributed by atoms with Crippen molar-refractivity contribution in [1.82, 2.24) is 0 Å². The topological polar surface area (TPSA) is 86.9 Å². The molecule has 0 aromatic heterocycles. The molecule has 30 heavy (non-hydrogen) atoms. The van der Waals surface area contributed by atoms with Crippen molar-refractivity contribution >= 4 is 18.0 Å². The maximum absolute atomic E-state index is 12.1. The van der Waals surface area contributed by atoms with Crippen LogP contribution in [0.1, 0.15) is 63.9 Å². The van der Waals surface area contributed by atoms with Gasteiger partial charge in [-0.1, -0.05) is 44.7 Å². The van der Waals surface area contributed by atoms with Gasteiger partial charge in [0.15, 0.2) is 11.5 Å². The van der Waals surface area contributed by atoms with Gasteiger partial charge in [0.05, 0.1) is 19.6 Å². The van der Waals surface area contributed by atoms with Gasteiger partial charge in [-0.2, -0.15) is 0 Å². The van der Waals surface area contributed by atoms with Crippen LogP contribution < -0.4 is 39.0 Å². The van der Waals surface area contributed by atoms with Crippen LogP contribution >= 0.6 is 0 Å². The van der Waals surface area contributed by atoms with E-state index < -0.39 is 5.97 Å². The van der Waals surface area contributed by atoms with Crippen molar-refractivity contribution in [3.8, 4) is 11.5 Å². The second-order valence-electron chi connectivity index (χ2n) is 7.68. The van der Waals surface area contributed by atoms with Crippen LogP contribution in [0.4, 0.5) is 0 Å². The Morgan fingerprint density at radius 2 is 1.87 bits per heavy atom. The van der Waals surface area contributed by atoms with Crippen LogP contribution in [0.2, 0.25) is 0 Å². The van der Waals surface area contributed by atoms with Gasteiger partial charge in [-0.05, 0) is 49.0 Å². The minimum atomic E-state index is -0.768. The Morgan fingerprint density at radius 1 is 1.13 bits per heavy atom. The SMILES string of the molecule is COc1cc(C=CC(=O)[N-]C2CCC(C)CC2)ccc1OCCCCCC(=O)O.[Na+]. The Balaban J connectivity index is 0.00000450. The third-order valence-corrected chi connectivity index (χ3v) is 5.19. The summed E-state index contributed by atoms with van der Waals surface area (Å²) >= 11 is 0. The smallest absolute Gasteiger partial charge is 0.647 e. The molecule has 0 radical (unpaired) electrons. The Morgan fingerprint density at radius 3 is 2.53 bits per heavy atom. The van der Waals surface area contributed by atoms with Crippen LogP contribution in [-0.4, -0.2) is 36.7 Å². The predicted octanol–water partition coefficient (Wildman–Crippen LogP) is 2.22. The number of hydrogen-bond acceptors (Lipinski definition) is 4. The molecule has 1 aromatic carbocycles. The number of amides is 1. The van der Waals surface area contributed by atoms with Gasteiger partial charge >= 0.3 is 35.5 Å². The first-order chi connectivity index (χ1) is 14.0.